The molecular weight excluding hydrogens is 647 g/mol. The van der Waals surface area contributed by atoms with Gasteiger partial charge in [-0.05, 0) is 88.3 Å². The largest absolute Gasteiger partial charge is 0.490 e. The Labute approximate surface area is 255 Å². The van der Waals surface area contributed by atoms with Gasteiger partial charge in [0.2, 0.25) is 5.17 Å². The Morgan fingerprint density at radius 1 is 1.02 bits per heavy atom. The van der Waals surface area contributed by atoms with E-state index in [2.05, 4.69) is 57.0 Å². The number of benzene rings is 4. The molecule has 0 unspecified atom stereocenters. The summed E-state index contributed by atoms with van der Waals surface area (Å²) in [6.07, 6.45) is 1.66. The van der Waals surface area contributed by atoms with Crippen LogP contribution in [0.25, 0.3) is 16.8 Å². The predicted octanol–water partition coefficient (Wildman–Crippen LogP) is 7.40. The van der Waals surface area contributed by atoms with Crippen molar-refractivity contribution in [2.45, 2.75) is 20.5 Å². The van der Waals surface area contributed by atoms with Gasteiger partial charge in [0.25, 0.3) is 5.91 Å². The number of halogens is 1. The predicted molar refractivity (Wildman–Crippen MR) is 174 cm³/mol. The zero-order chi connectivity index (χ0) is 28.5. The summed E-state index contributed by atoms with van der Waals surface area (Å²) in [4.78, 5) is 17.3. The molecule has 0 radical (unpaired) electrons. The van der Waals surface area contributed by atoms with Gasteiger partial charge in [-0.1, -0.05) is 72.3 Å². The third-order valence-corrected chi connectivity index (χ3v) is 8.41. The lowest BCUT2D eigenvalue weighted by molar-refractivity contribution is -0.114. The van der Waals surface area contributed by atoms with Gasteiger partial charge in [-0.2, -0.15) is 15.1 Å². The fraction of sp³-hybridized carbons (Fsp3) is 0.125. The van der Waals surface area contributed by atoms with Crippen molar-refractivity contribution in [2.75, 3.05) is 6.61 Å². The van der Waals surface area contributed by atoms with Gasteiger partial charge < -0.3 is 9.47 Å². The standard InChI is InChI=1S/C32H25IN4O3S/c1-3-39-27-17-20(16-26(33)28(27)40-18-23-9-6-8-21-7-4-5-10-24(21)23)15-25-29(34)37-32(35-30(25)38)41-31(36-37)22-13-11-19(2)12-14-22/h4-17,34H,3,18H2,1-2H3/b25-15-,34-29?. The number of thioether (sulfide) groups is 1. The van der Waals surface area contributed by atoms with E-state index in [0.29, 0.717) is 40.5 Å². The molecule has 0 bridgehead atoms. The molecule has 2 aliphatic heterocycles. The van der Waals surface area contributed by atoms with E-state index in [9.17, 15) is 4.79 Å². The van der Waals surface area contributed by atoms with Crippen molar-refractivity contribution >= 4 is 73.2 Å². The number of ether oxygens (including phenoxy) is 2. The Balaban J connectivity index is 1.28. The molecule has 1 N–H and O–H groups in total. The minimum atomic E-state index is -0.474. The van der Waals surface area contributed by atoms with E-state index in [1.165, 1.54) is 16.8 Å². The van der Waals surface area contributed by atoms with Crippen LogP contribution in [0.15, 0.2) is 94.5 Å². The average Bonchev–Trinajstić information content (AvgIpc) is 3.39. The molecule has 0 saturated carbocycles. The molecular formula is C32H25IN4O3S. The van der Waals surface area contributed by atoms with E-state index in [0.717, 1.165) is 31.0 Å². The molecule has 9 heteroatoms. The monoisotopic (exact) mass is 672 g/mol. The molecule has 0 spiro atoms. The molecule has 2 heterocycles. The Morgan fingerprint density at radius 2 is 1.80 bits per heavy atom. The van der Waals surface area contributed by atoms with Crippen molar-refractivity contribution in [3.8, 4) is 11.5 Å². The molecule has 6 rings (SSSR count). The second kappa shape index (κ2) is 11.5. The Hall–Kier alpha value is -3.96. The van der Waals surface area contributed by atoms with Gasteiger partial charge in [0.15, 0.2) is 17.3 Å². The van der Waals surface area contributed by atoms with Crippen LogP contribution in [-0.4, -0.2) is 33.6 Å². The highest BCUT2D eigenvalue weighted by atomic mass is 127. The van der Waals surface area contributed by atoms with Gasteiger partial charge in [0.1, 0.15) is 11.7 Å². The first kappa shape index (κ1) is 27.2. The van der Waals surface area contributed by atoms with Gasteiger partial charge in [-0.15, -0.1) is 0 Å². The van der Waals surface area contributed by atoms with Gasteiger partial charge >= 0.3 is 0 Å². The number of aliphatic imine (C=N–C) groups is 1. The van der Waals surface area contributed by atoms with Crippen molar-refractivity contribution in [2.24, 2.45) is 10.1 Å². The summed E-state index contributed by atoms with van der Waals surface area (Å²) in [5.74, 6) is 0.718. The summed E-state index contributed by atoms with van der Waals surface area (Å²) in [6.45, 7) is 4.77. The lowest BCUT2D eigenvalue weighted by Gasteiger charge is -2.20. The fourth-order valence-corrected chi connectivity index (χ4v) is 6.29. The zero-order valence-electron chi connectivity index (χ0n) is 22.3. The van der Waals surface area contributed by atoms with E-state index < -0.39 is 5.91 Å². The van der Waals surface area contributed by atoms with Gasteiger partial charge in [-0.25, -0.2) is 0 Å². The summed E-state index contributed by atoms with van der Waals surface area (Å²) >= 11 is 3.50. The lowest BCUT2D eigenvalue weighted by atomic mass is 10.1. The van der Waals surface area contributed by atoms with E-state index in [1.54, 1.807) is 6.08 Å². The molecule has 0 saturated heterocycles. The smallest absolute Gasteiger partial charge is 0.283 e. The molecule has 41 heavy (non-hydrogen) atoms. The first-order valence-electron chi connectivity index (χ1n) is 13.0. The van der Waals surface area contributed by atoms with Crippen LogP contribution in [0.5, 0.6) is 11.5 Å². The number of amidine groups is 2. The molecule has 0 atom stereocenters. The third-order valence-electron chi connectivity index (χ3n) is 6.65. The maximum Gasteiger partial charge on any atom is 0.283 e. The quantitative estimate of drug-likeness (QED) is 0.163. The number of nitrogens with zero attached hydrogens (tertiary/aromatic N) is 3. The minimum Gasteiger partial charge on any atom is -0.490 e. The van der Waals surface area contributed by atoms with Crippen LogP contribution in [0.4, 0.5) is 0 Å². The van der Waals surface area contributed by atoms with E-state index >= 15 is 0 Å². The summed E-state index contributed by atoms with van der Waals surface area (Å²) in [6, 6.07) is 26.1. The molecule has 4 aromatic carbocycles. The van der Waals surface area contributed by atoms with Gasteiger partial charge in [-0.3, -0.25) is 10.2 Å². The van der Waals surface area contributed by atoms with E-state index in [1.807, 2.05) is 68.4 Å². The summed E-state index contributed by atoms with van der Waals surface area (Å²) in [7, 11) is 0. The van der Waals surface area contributed by atoms with Crippen LogP contribution in [0.2, 0.25) is 0 Å². The maximum atomic E-state index is 13.0. The number of carbonyl (C=O) groups excluding carboxylic acids is 1. The topological polar surface area (TPSA) is 87.3 Å². The van der Waals surface area contributed by atoms with Crippen LogP contribution in [0, 0.1) is 15.9 Å². The minimum absolute atomic E-state index is 0.0149. The Morgan fingerprint density at radius 3 is 2.61 bits per heavy atom. The number of amides is 1. The van der Waals surface area contributed by atoms with Crippen molar-refractivity contribution in [3.05, 3.63) is 110 Å². The van der Waals surface area contributed by atoms with E-state index in [-0.39, 0.29) is 11.4 Å². The SMILES string of the molecule is CCOc1cc(/C=C2/C(=N)N3N=C(c4ccc(C)cc4)SC3=NC2=O)cc(I)c1OCc1cccc2ccccc12. The lowest BCUT2D eigenvalue weighted by Crippen LogP contribution is -2.35. The first-order valence-corrected chi connectivity index (χ1v) is 14.9. The highest BCUT2D eigenvalue weighted by molar-refractivity contribution is 14.1. The number of hydrogen-bond acceptors (Lipinski definition) is 6. The van der Waals surface area contributed by atoms with Gasteiger partial charge in [0, 0.05) is 5.56 Å². The average molecular weight is 673 g/mol. The number of hydrazone groups is 1. The highest BCUT2D eigenvalue weighted by Crippen LogP contribution is 2.37. The van der Waals surface area contributed by atoms with Crippen molar-refractivity contribution < 1.29 is 14.3 Å². The second-order valence-corrected chi connectivity index (χ2v) is 11.6. The van der Waals surface area contributed by atoms with Crippen LogP contribution in [0.1, 0.15) is 29.2 Å². The summed E-state index contributed by atoms with van der Waals surface area (Å²) < 4.78 is 13.1. The molecule has 204 valence electrons. The van der Waals surface area contributed by atoms with Crippen molar-refractivity contribution in [1.82, 2.24) is 5.01 Å². The summed E-state index contributed by atoms with van der Waals surface area (Å²) in [5, 5.41) is 18.2. The molecule has 0 aromatic heterocycles. The number of aryl methyl sites for hydroxylation is 1. The molecule has 0 aliphatic carbocycles. The number of fused-ring (bicyclic) bond motifs is 2. The number of hydrogen-bond donors (Lipinski definition) is 1. The Bertz CT molecular complexity index is 1790. The van der Waals surface area contributed by atoms with Crippen LogP contribution in [-0.2, 0) is 11.4 Å². The number of carbonyl (C=O) groups is 1. The number of rotatable bonds is 7. The van der Waals surface area contributed by atoms with Gasteiger partial charge in [0.05, 0.1) is 15.8 Å². The maximum absolute atomic E-state index is 13.0. The van der Waals surface area contributed by atoms with Crippen LogP contribution in [0.3, 0.4) is 0 Å². The number of nitrogens with one attached hydrogen (secondary N) is 1. The third kappa shape index (κ3) is 5.51. The normalized spacial score (nSPS) is 15.7. The van der Waals surface area contributed by atoms with Crippen LogP contribution < -0.4 is 9.47 Å². The zero-order valence-corrected chi connectivity index (χ0v) is 25.3. The molecule has 7 nitrogen and oxygen atoms in total. The fourth-order valence-electron chi connectivity index (χ4n) is 4.61. The Kier molecular flexibility index (Phi) is 7.63. The summed E-state index contributed by atoms with van der Waals surface area (Å²) in [5.41, 5.74) is 4.00. The molecule has 0 fully saturated rings. The molecule has 4 aromatic rings. The highest BCUT2D eigenvalue weighted by Gasteiger charge is 2.36. The van der Waals surface area contributed by atoms with Crippen molar-refractivity contribution in [1.29, 1.82) is 5.41 Å². The molecule has 2 aliphatic rings. The first-order chi connectivity index (χ1) is 19.9. The second-order valence-electron chi connectivity index (χ2n) is 9.48. The molecule has 1 amide bonds. The van der Waals surface area contributed by atoms with Crippen molar-refractivity contribution in [3.63, 3.8) is 0 Å². The van der Waals surface area contributed by atoms with Crippen LogP contribution >= 0.6 is 34.4 Å². The van der Waals surface area contributed by atoms with E-state index in [4.69, 9.17) is 14.9 Å².